The zero-order chi connectivity index (χ0) is 18.1. The maximum Gasteiger partial charge on any atom is 0.231 e. The minimum Gasteiger partial charge on any atom is -0.454 e. The third-order valence-corrected chi connectivity index (χ3v) is 4.75. The lowest BCUT2D eigenvalue weighted by Crippen LogP contribution is -2.36. The maximum absolute atomic E-state index is 5.48. The number of anilines is 2. The normalized spacial score (nSPS) is 16.6. The van der Waals surface area contributed by atoms with Crippen molar-refractivity contribution in [2.24, 2.45) is 0 Å². The Morgan fingerprint density at radius 1 is 0.963 bits per heavy atom. The molecule has 138 valence electrons. The second-order valence-electron chi connectivity index (χ2n) is 6.59. The molecule has 27 heavy (non-hydrogen) atoms. The van der Waals surface area contributed by atoms with Gasteiger partial charge in [0.1, 0.15) is 11.6 Å². The molecule has 2 aromatic carbocycles. The number of nitrogens with one attached hydrogen (secondary N) is 1. The van der Waals surface area contributed by atoms with Crippen molar-refractivity contribution in [2.45, 2.75) is 6.54 Å². The van der Waals surface area contributed by atoms with Gasteiger partial charge in [-0.1, -0.05) is 12.1 Å². The number of aromatic nitrogens is 2. The summed E-state index contributed by atoms with van der Waals surface area (Å²) in [6.45, 7) is 4.30. The molecule has 1 saturated heterocycles. The smallest absolute Gasteiger partial charge is 0.231 e. The average Bonchev–Trinajstić information content (AvgIpc) is 3.17. The van der Waals surface area contributed by atoms with E-state index in [4.69, 9.17) is 24.2 Å². The van der Waals surface area contributed by atoms with Crippen LogP contribution in [0.15, 0.2) is 42.5 Å². The van der Waals surface area contributed by atoms with Crippen LogP contribution in [0.4, 0.5) is 11.5 Å². The molecular weight excluding hydrogens is 344 g/mol. The van der Waals surface area contributed by atoms with E-state index in [1.54, 1.807) is 0 Å². The van der Waals surface area contributed by atoms with Crippen LogP contribution < -0.4 is 14.8 Å². The quantitative estimate of drug-likeness (QED) is 0.763. The Kier molecular flexibility index (Phi) is 4.23. The average molecular weight is 364 g/mol. The van der Waals surface area contributed by atoms with E-state index in [1.165, 1.54) is 0 Å². The number of fused-ring (bicyclic) bond motifs is 2. The van der Waals surface area contributed by atoms with Crippen LogP contribution in [0.3, 0.4) is 0 Å². The van der Waals surface area contributed by atoms with Crippen LogP contribution in [-0.2, 0) is 11.3 Å². The van der Waals surface area contributed by atoms with Gasteiger partial charge in [-0.25, -0.2) is 9.97 Å². The molecule has 2 aliphatic heterocycles. The van der Waals surface area contributed by atoms with Crippen LogP contribution in [0, 0.1) is 0 Å². The van der Waals surface area contributed by atoms with Gasteiger partial charge >= 0.3 is 0 Å². The molecule has 3 aromatic rings. The molecule has 0 amide bonds. The lowest BCUT2D eigenvalue weighted by atomic mass is 10.2. The molecular formula is C20H20N4O3. The summed E-state index contributed by atoms with van der Waals surface area (Å²) < 4.78 is 16.3. The summed E-state index contributed by atoms with van der Waals surface area (Å²) in [6.07, 6.45) is 0. The third kappa shape index (κ3) is 3.39. The van der Waals surface area contributed by atoms with Crippen molar-refractivity contribution in [1.82, 2.24) is 14.9 Å². The Morgan fingerprint density at radius 3 is 2.74 bits per heavy atom. The van der Waals surface area contributed by atoms with Gasteiger partial charge in [-0.3, -0.25) is 4.90 Å². The SMILES string of the molecule is c1ccc2c(Nc3ccc4c(c3)OCO4)nc(CN3CCOCC3)nc2c1. The number of nitrogens with zero attached hydrogens (tertiary/aromatic N) is 3. The molecule has 3 heterocycles. The fraction of sp³-hybridized carbons (Fsp3) is 0.300. The molecule has 0 saturated carbocycles. The van der Waals surface area contributed by atoms with Crippen molar-refractivity contribution in [3.63, 3.8) is 0 Å². The van der Waals surface area contributed by atoms with E-state index in [-0.39, 0.29) is 6.79 Å². The first-order valence-electron chi connectivity index (χ1n) is 9.07. The summed E-state index contributed by atoms with van der Waals surface area (Å²) in [6, 6.07) is 13.8. The van der Waals surface area contributed by atoms with E-state index >= 15 is 0 Å². The highest BCUT2D eigenvalue weighted by molar-refractivity contribution is 5.90. The largest absolute Gasteiger partial charge is 0.454 e. The number of para-hydroxylation sites is 1. The van der Waals surface area contributed by atoms with Gasteiger partial charge < -0.3 is 19.5 Å². The molecule has 5 rings (SSSR count). The van der Waals surface area contributed by atoms with Crippen molar-refractivity contribution < 1.29 is 14.2 Å². The van der Waals surface area contributed by atoms with Crippen LogP contribution in [0.5, 0.6) is 11.5 Å². The van der Waals surface area contributed by atoms with Crippen LogP contribution in [0.25, 0.3) is 10.9 Å². The highest BCUT2D eigenvalue weighted by atomic mass is 16.7. The van der Waals surface area contributed by atoms with Crippen molar-refractivity contribution >= 4 is 22.4 Å². The molecule has 0 radical (unpaired) electrons. The molecule has 1 aromatic heterocycles. The molecule has 2 aliphatic rings. The number of hydrogen-bond donors (Lipinski definition) is 1. The molecule has 0 spiro atoms. The van der Waals surface area contributed by atoms with Gasteiger partial charge in [-0.05, 0) is 24.3 Å². The second kappa shape index (κ2) is 7.02. The van der Waals surface area contributed by atoms with Crippen molar-refractivity contribution in [3.05, 3.63) is 48.3 Å². The molecule has 0 unspecified atom stereocenters. The van der Waals surface area contributed by atoms with Crippen molar-refractivity contribution in [3.8, 4) is 11.5 Å². The summed E-state index contributed by atoms with van der Waals surface area (Å²) in [5.74, 6) is 3.11. The van der Waals surface area contributed by atoms with Gasteiger partial charge in [0.2, 0.25) is 6.79 Å². The minimum atomic E-state index is 0.263. The number of rotatable bonds is 4. The van der Waals surface area contributed by atoms with Crippen molar-refractivity contribution in [1.29, 1.82) is 0 Å². The Hall–Kier alpha value is -2.90. The lowest BCUT2D eigenvalue weighted by molar-refractivity contribution is 0.0331. The Balaban J connectivity index is 1.48. The Bertz CT molecular complexity index is 973. The summed E-state index contributed by atoms with van der Waals surface area (Å²) in [7, 11) is 0. The molecule has 7 heteroatoms. The highest BCUT2D eigenvalue weighted by Crippen LogP contribution is 2.35. The van der Waals surface area contributed by atoms with Gasteiger partial charge in [0.25, 0.3) is 0 Å². The van der Waals surface area contributed by atoms with E-state index < -0.39 is 0 Å². The number of benzene rings is 2. The minimum absolute atomic E-state index is 0.263. The highest BCUT2D eigenvalue weighted by Gasteiger charge is 2.16. The lowest BCUT2D eigenvalue weighted by Gasteiger charge is -2.26. The van der Waals surface area contributed by atoms with Crippen LogP contribution >= 0.6 is 0 Å². The summed E-state index contributed by atoms with van der Waals surface area (Å²) in [5.41, 5.74) is 1.83. The van der Waals surface area contributed by atoms with E-state index in [9.17, 15) is 0 Å². The Morgan fingerprint density at radius 2 is 1.81 bits per heavy atom. The predicted octanol–water partition coefficient (Wildman–Crippen LogP) is 2.93. The van der Waals surface area contributed by atoms with Crippen molar-refractivity contribution in [2.75, 3.05) is 38.4 Å². The van der Waals surface area contributed by atoms with Crippen LogP contribution in [-0.4, -0.2) is 48.0 Å². The van der Waals surface area contributed by atoms with E-state index in [0.717, 1.165) is 66.0 Å². The molecule has 7 nitrogen and oxygen atoms in total. The molecule has 0 atom stereocenters. The predicted molar refractivity (Wildman–Crippen MR) is 101 cm³/mol. The van der Waals surface area contributed by atoms with E-state index in [0.29, 0.717) is 6.54 Å². The number of morpholine rings is 1. The zero-order valence-electron chi connectivity index (χ0n) is 14.9. The van der Waals surface area contributed by atoms with Gasteiger partial charge in [0.05, 0.1) is 25.3 Å². The number of hydrogen-bond acceptors (Lipinski definition) is 7. The van der Waals surface area contributed by atoms with E-state index in [1.807, 2.05) is 42.5 Å². The van der Waals surface area contributed by atoms with E-state index in [2.05, 4.69) is 10.2 Å². The van der Waals surface area contributed by atoms with Gasteiger partial charge in [0, 0.05) is 30.2 Å². The van der Waals surface area contributed by atoms with Gasteiger partial charge in [-0.2, -0.15) is 0 Å². The summed E-state index contributed by atoms with van der Waals surface area (Å²) in [4.78, 5) is 11.9. The third-order valence-electron chi connectivity index (χ3n) is 4.75. The molecule has 1 fully saturated rings. The summed E-state index contributed by atoms with van der Waals surface area (Å²) >= 11 is 0. The van der Waals surface area contributed by atoms with Crippen LogP contribution in [0.2, 0.25) is 0 Å². The number of ether oxygens (including phenoxy) is 3. The zero-order valence-corrected chi connectivity index (χ0v) is 14.9. The summed E-state index contributed by atoms with van der Waals surface area (Å²) in [5, 5.41) is 4.41. The topological polar surface area (TPSA) is 68.7 Å². The fourth-order valence-electron chi connectivity index (χ4n) is 3.36. The van der Waals surface area contributed by atoms with Gasteiger partial charge in [0.15, 0.2) is 11.5 Å². The Labute approximate surface area is 156 Å². The first-order valence-corrected chi connectivity index (χ1v) is 9.07. The standard InChI is InChI=1S/C20H20N4O3/c1-2-4-16-15(3-1)20(21-14-5-6-17-18(11-14)27-13-26-17)23-19(22-16)12-24-7-9-25-10-8-24/h1-6,11H,7-10,12-13H2,(H,21,22,23). The molecule has 0 bridgehead atoms. The monoisotopic (exact) mass is 364 g/mol. The first kappa shape index (κ1) is 16.3. The van der Waals surface area contributed by atoms with Crippen LogP contribution in [0.1, 0.15) is 5.82 Å². The molecule has 0 aliphatic carbocycles. The maximum atomic E-state index is 5.48. The molecule has 1 N–H and O–H groups in total. The fourth-order valence-corrected chi connectivity index (χ4v) is 3.36. The van der Waals surface area contributed by atoms with Gasteiger partial charge in [-0.15, -0.1) is 0 Å². The second-order valence-corrected chi connectivity index (χ2v) is 6.59. The first-order chi connectivity index (χ1) is 13.3.